The second kappa shape index (κ2) is 13.9. The van der Waals surface area contributed by atoms with Gasteiger partial charge in [0.1, 0.15) is 0 Å². The zero-order valence-electron chi connectivity index (χ0n) is 28.5. The van der Waals surface area contributed by atoms with Crippen molar-refractivity contribution in [1.29, 1.82) is 0 Å². The van der Waals surface area contributed by atoms with Gasteiger partial charge in [-0.1, -0.05) is 67.8 Å². The van der Waals surface area contributed by atoms with Crippen LogP contribution in [0.3, 0.4) is 0 Å². The van der Waals surface area contributed by atoms with Gasteiger partial charge in [-0.3, -0.25) is 14.4 Å². The van der Waals surface area contributed by atoms with Crippen molar-refractivity contribution >= 4 is 44.9 Å². The Bertz CT molecular complexity index is 2100. The Hall–Kier alpha value is -4.74. The number of fused-ring (bicyclic) bond motifs is 5. The lowest BCUT2D eigenvalue weighted by molar-refractivity contribution is -0.126. The fourth-order valence-electron chi connectivity index (χ4n) is 7.73. The Labute approximate surface area is 293 Å². The van der Waals surface area contributed by atoms with Crippen LogP contribution in [0.25, 0.3) is 28.2 Å². The topological polar surface area (TPSA) is 121 Å². The molecule has 1 atom stereocenters. The fourth-order valence-corrected chi connectivity index (χ4v) is 8.27. The molecule has 4 aromatic rings. The Morgan fingerprint density at radius 2 is 1.60 bits per heavy atom. The highest BCUT2D eigenvalue weighted by Gasteiger charge is 2.33. The van der Waals surface area contributed by atoms with E-state index < -0.39 is 16.1 Å². The molecule has 2 aliphatic heterocycles. The summed E-state index contributed by atoms with van der Waals surface area (Å²) >= 11 is 0. The number of aromatic nitrogens is 1. The van der Waals surface area contributed by atoms with Crippen LogP contribution in [-0.2, 0) is 21.5 Å². The predicted molar refractivity (Wildman–Crippen MR) is 195 cm³/mol. The van der Waals surface area contributed by atoms with E-state index in [1.807, 2.05) is 47.4 Å². The van der Waals surface area contributed by atoms with Crippen LogP contribution in [0.5, 0.6) is 0 Å². The third-order valence-corrected chi connectivity index (χ3v) is 11.8. The van der Waals surface area contributed by atoms with Gasteiger partial charge in [0, 0.05) is 66.9 Å². The van der Waals surface area contributed by atoms with Gasteiger partial charge in [-0.05, 0) is 72.6 Å². The smallest absolute Gasteiger partial charge is 0.303 e. The molecular weight excluding hydrogens is 651 g/mol. The minimum Gasteiger partial charge on any atom is -0.352 e. The van der Waals surface area contributed by atoms with Crippen molar-refractivity contribution in [2.24, 2.45) is 5.92 Å². The number of hydrogen-bond acceptors (Lipinski definition) is 5. The van der Waals surface area contributed by atoms with Crippen LogP contribution in [0.1, 0.15) is 76.3 Å². The van der Waals surface area contributed by atoms with Crippen LogP contribution in [0.4, 0.5) is 0 Å². The standard InChI is InChI=1S/C39H43N5O5S/c1-42(2)50(48,49)41-38(46)30-17-18-33-34(22-30)44-25-31(21-29-15-9-10-16-32(29)36(44)35(33)27-11-5-3-6-12-27)39(47)43-20-19-26(24-43)23-40-37(45)28-13-7-4-8-14-28/h4,7-10,13-18,21-22,26-27H,3,5-6,11-12,19-20,23-25H2,1-2H3,(H,40,45)(H,41,46). The molecule has 3 aromatic carbocycles. The number of rotatable bonds is 8. The van der Waals surface area contributed by atoms with Crippen molar-refractivity contribution in [3.63, 3.8) is 0 Å². The van der Waals surface area contributed by atoms with E-state index in [1.165, 1.54) is 26.1 Å². The summed E-state index contributed by atoms with van der Waals surface area (Å²) in [5, 5.41) is 4.06. The molecule has 3 amide bonds. The zero-order chi connectivity index (χ0) is 35.0. The summed E-state index contributed by atoms with van der Waals surface area (Å²) in [7, 11) is -1.25. The number of amides is 3. The predicted octanol–water partition coefficient (Wildman–Crippen LogP) is 5.57. The second-order valence-electron chi connectivity index (χ2n) is 13.9. The Balaban J connectivity index is 1.23. The molecule has 2 fully saturated rings. The molecule has 50 heavy (non-hydrogen) atoms. The lowest BCUT2D eigenvalue weighted by Crippen LogP contribution is -2.39. The Kier molecular flexibility index (Phi) is 9.36. The summed E-state index contributed by atoms with van der Waals surface area (Å²) < 4.78 is 30.4. The van der Waals surface area contributed by atoms with Gasteiger partial charge in [0.25, 0.3) is 17.7 Å². The van der Waals surface area contributed by atoms with E-state index in [0.29, 0.717) is 43.2 Å². The highest BCUT2D eigenvalue weighted by Crippen LogP contribution is 2.46. The largest absolute Gasteiger partial charge is 0.352 e. The summed E-state index contributed by atoms with van der Waals surface area (Å²) in [4.78, 5) is 42.2. The van der Waals surface area contributed by atoms with Gasteiger partial charge in [-0.2, -0.15) is 12.7 Å². The number of hydrogen-bond donors (Lipinski definition) is 2. The van der Waals surface area contributed by atoms with Crippen molar-refractivity contribution in [2.45, 2.75) is 51.0 Å². The van der Waals surface area contributed by atoms with E-state index in [4.69, 9.17) is 0 Å². The summed E-state index contributed by atoms with van der Waals surface area (Å²) in [5.74, 6) is -0.403. The molecule has 260 valence electrons. The van der Waals surface area contributed by atoms with Gasteiger partial charge in [0.05, 0.1) is 12.2 Å². The first kappa shape index (κ1) is 33.7. The van der Waals surface area contributed by atoms with Crippen LogP contribution >= 0.6 is 0 Å². The molecule has 3 heterocycles. The molecule has 0 radical (unpaired) electrons. The first-order valence-electron chi connectivity index (χ1n) is 17.4. The number of likely N-dealkylation sites (tertiary alicyclic amines) is 1. The third-order valence-electron chi connectivity index (χ3n) is 10.4. The van der Waals surface area contributed by atoms with E-state index in [1.54, 1.807) is 24.3 Å². The van der Waals surface area contributed by atoms with Crippen LogP contribution < -0.4 is 10.0 Å². The van der Waals surface area contributed by atoms with Gasteiger partial charge in [-0.15, -0.1) is 0 Å². The van der Waals surface area contributed by atoms with E-state index in [0.717, 1.165) is 64.1 Å². The molecule has 11 heteroatoms. The Morgan fingerprint density at radius 1 is 0.860 bits per heavy atom. The lowest BCUT2D eigenvalue weighted by atomic mass is 9.81. The number of carbonyl (C=O) groups excluding carboxylic acids is 3. The first-order chi connectivity index (χ1) is 24.1. The van der Waals surface area contributed by atoms with Gasteiger partial charge in [0.15, 0.2) is 0 Å². The molecule has 2 N–H and O–H groups in total. The van der Waals surface area contributed by atoms with E-state index >= 15 is 0 Å². The molecule has 7 rings (SSSR count). The first-order valence-corrected chi connectivity index (χ1v) is 18.9. The van der Waals surface area contributed by atoms with Crippen molar-refractivity contribution in [1.82, 2.24) is 23.8 Å². The van der Waals surface area contributed by atoms with Crippen LogP contribution in [-0.4, -0.2) is 73.6 Å². The van der Waals surface area contributed by atoms with E-state index in [9.17, 15) is 22.8 Å². The number of carbonyl (C=O) groups is 3. The Morgan fingerprint density at radius 3 is 2.36 bits per heavy atom. The van der Waals surface area contributed by atoms with Crippen molar-refractivity contribution in [2.75, 3.05) is 33.7 Å². The molecule has 0 bridgehead atoms. The number of nitrogens with one attached hydrogen (secondary N) is 2. The van der Waals surface area contributed by atoms with Crippen molar-refractivity contribution in [3.05, 3.63) is 101 Å². The van der Waals surface area contributed by atoms with Gasteiger partial charge >= 0.3 is 10.2 Å². The summed E-state index contributed by atoms with van der Waals surface area (Å²) in [6.07, 6.45) is 8.42. The number of benzene rings is 3. The normalized spacial score (nSPS) is 17.9. The SMILES string of the molecule is CN(C)S(=O)(=O)NC(=O)c1ccc2c(C3CCCCC3)c3n(c2c1)CC(C(=O)N1CCC(CNC(=O)c2ccccc2)C1)=Cc1ccccc1-3. The molecule has 0 spiro atoms. The van der Waals surface area contributed by atoms with Crippen molar-refractivity contribution in [3.8, 4) is 11.3 Å². The molecule has 1 aromatic heterocycles. The van der Waals surface area contributed by atoms with Gasteiger partial charge < -0.3 is 14.8 Å². The summed E-state index contributed by atoms with van der Waals surface area (Å²) in [6, 6.07) is 22.7. The molecule has 3 aliphatic rings. The maximum atomic E-state index is 14.3. The minimum absolute atomic E-state index is 0.0448. The maximum absolute atomic E-state index is 14.3. The van der Waals surface area contributed by atoms with Crippen molar-refractivity contribution < 1.29 is 22.8 Å². The quantitative estimate of drug-likeness (QED) is 0.250. The highest BCUT2D eigenvalue weighted by molar-refractivity contribution is 7.87. The second-order valence-corrected chi connectivity index (χ2v) is 15.8. The molecule has 1 saturated heterocycles. The van der Waals surface area contributed by atoms with Crippen LogP contribution in [0, 0.1) is 5.92 Å². The molecule has 1 saturated carbocycles. The number of nitrogens with zero attached hydrogens (tertiary/aromatic N) is 3. The third kappa shape index (κ3) is 6.59. The average molecular weight is 694 g/mol. The molecule has 10 nitrogen and oxygen atoms in total. The molecule has 1 unspecified atom stereocenters. The van der Waals surface area contributed by atoms with Gasteiger partial charge in [0.2, 0.25) is 0 Å². The van der Waals surface area contributed by atoms with Crippen LogP contribution in [0.15, 0.2) is 78.4 Å². The zero-order valence-corrected chi connectivity index (χ0v) is 29.3. The summed E-state index contributed by atoms with van der Waals surface area (Å²) in [6.45, 7) is 1.94. The van der Waals surface area contributed by atoms with Gasteiger partial charge in [-0.25, -0.2) is 4.72 Å². The summed E-state index contributed by atoms with van der Waals surface area (Å²) in [5.41, 5.74) is 6.58. The minimum atomic E-state index is -3.99. The molecule has 1 aliphatic carbocycles. The average Bonchev–Trinajstić information content (AvgIpc) is 3.68. The molecular formula is C39H43N5O5S. The van der Waals surface area contributed by atoms with E-state index in [2.05, 4.69) is 26.7 Å². The lowest BCUT2D eigenvalue weighted by Gasteiger charge is -2.24. The fraction of sp³-hybridized carbons (Fsp3) is 0.359. The van der Waals surface area contributed by atoms with E-state index in [-0.39, 0.29) is 23.3 Å². The maximum Gasteiger partial charge on any atom is 0.303 e. The highest BCUT2D eigenvalue weighted by atomic mass is 32.2. The monoisotopic (exact) mass is 693 g/mol. The van der Waals surface area contributed by atoms with Crippen LogP contribution in [0.2, 0.25) is 0 Å².